The maximum atomic E-state index is 6.44. The predicted octanol–water partition coefficient (Wildman–Crippen LogP) is 2.92. The third kappa shape index (κ3) is 4.30. The molecule has 2 N–H and O–H groups in total. The summed E-state index contributed by atoms with van der Waals surface area (Å²) < 4.78 is 2.02. The van der Waals surface area contributed by atoms with E-state index in [1.807, 2.05) is 4.68 Å². The van der Waals surface area contributed by atoms with Crippen LogP contribution in [-0.2, 0) is 13.0 Å². The molecule has 1 fully saturated rings. The van der Waals surface area contributed by atoms with Crippen LogP contribution in [0.25, 0.3) is 0 Å². The van der Waals surface area contributed by atoms with Gasteiger partial charge in [0.1, 0.15) is 12.2 Å². The van der Waals surface area contributed by atoms with E-state index in [9.17, 15) is 0 Å². The van der Waals surface area contributed by atoms with Gasteiger partial charge in [0, 0.05) is 19.0 Å². The zero-order chi connectivity index (χ0) is 13.5. The van der Waals surface area contributed by atoms with Gasteiger partial charge in [-0.15, -0.1) is 0 Å². The van der Waals surface area contributed by atoms with Crippen LogP contribution in [0.1, 0.15) is 64.1 Å². The fourth-order valence-electron chi connectivity index (χ4n) is 3.14. The van der Waals surface area contributed by atoms with Crippen molar-refractivity contribution in [1.29, 1.82) is 0 Å². The van der Waals surface area contributed by atoms with E-state index < -0.39 is 0 Å². The van der Waals surface area contributed by atoms with E-state index in [1.54, 1.807) is 6.33 Å². The molecule has 1 aliphatic rings. The largest absolute Gasteiger partial charge is 0.327 e. The number of hydrogen-bond acceptors (Lipinski definition) is 3. The van der Waals surface area contributed by atoms with Gasteiger partial charge in [0.2, 0.25) is 0 Å². The van der Waals surface area contributed by atoms with Crippen LogP contribution in [0.4, 0.5) is 0 Å². The van der Waals surface area contributed by atoms with Gasteiger partial charge in [0.15, 0.2) is 0 Å². The van der Waals surface area contributed by atoms with E-state index >= 15 is 0 Å². The van der Waals surface area contributed by atoms with Crippen molar-refractivity contribution in [2.45, 2.75) is 77.3 Å². The first-order chi connectivity index (χ1) is 9.31. The van der Waals surface area contributed by atoms with Crippen molar-refractivity contribution in [1.82, 2.24) is 14.8 Å². The SMILES string of the molecule is CCCn1ncnc1CC(N)C1CCCCCCC1. The lowest BCUT2D eigenvalue weighted by Gasteiger charge is -2.25. The Kier molecular flexibility index (Phi) is 5.83. The molecule has 1 aromatic heterocycles. The van der Waals surface area contributed by atoms with E-state index in [4.69, 9.17) is 5.73 Å². The Hall–Kier alpha value is -0.900. The van der Waals surface area contributed by atoms with E-state index in [-0.39, 0.29) is 6.04 Å². The standard InChI is InChI=1S/C15H28N4/c1-2-10-19-15(17-12-18-19)11-14(16)13-8-6-4-3-5-7-9-13/h12-14H,2-11,16H2,1H3. The van der Waals surface area contributed by atoms with Gasteiger partial charge in [-0.25, -0.2) is 4.98 Å². The van der Waals surface area contributed by atoms with Gasteiger partial charge < -0.3 is 5.73 Å². The number of hydrogen-bond donors (Lipinski definition) is 1. The van der Waals surface area contributed by atoms with Gasteiger partial charge in [-0.3, -0.25) is 4.68 Å². The highest BCUT2D eigenvalue weighted by atomic mass is 15.3. The van der Waals surface area contributed by atoms with Crippen LogP contribution in [0.3, 0.4) is 0 Å². The summed E-state index contributed by atoms with van der Waals surface area (Å²) in [5, 5.41) is 4.29. The fraction of sp³-hybridized carbons (Fsp3) is 0.867. The van der Waals surface area contributed by atoms with Gasteiger partial charge in [-0.05, 0) is 25.2 Å². The smallest absolute Gasteiger partial charge is 0.138 e. The highest BCUT2D eigenvalue weighted by Crippen LogP contribution is 2.25. The number of nitrogens with zero attached hydrogens (tertiary/aromatic N) is 3. The highest BCUT2D eigenvalue weighted by Gasteiger charge is 2.20. The lowest BCUT2D eigenvalue weighted by molar-refractivity contribution is 0.316. The summed E-state index contributed by atoms with van der Waals surface area (Å²) in [5.74, 6) is 1.74. The Morgan fingerprint density at radius 2 is 1.95 bits per heavy atom. The second kappa shape index (κ2) is 7.63. The lowest BCUT2D eigenvalue weighted by atomic mass is 9.85. The fourth-order valence-corrected chi connectivity index (χ4v) is 3.14. The molecule has 1 heterocycles. The Labute approximate surface area is 116 Å². The van der Waals surface area contributed by atoms with Gasteiger partial charge in [0.05, 0.1) is 0 Å². The monoisotopic (exact) mass is 264 g/mol. The van der Waals surface area contributed by atoms with Crippen molar-refractivity contribution < 1.29 is 0 Å². The summed E-state index contributed by atoms with van der Waals surface area (Å²) in [6.45, 7) is 3.12. The summed E-state index contributed by atoms with van der Waals surface area (Å²) in [6.07, 6.45) is 13.1. The topological polar surface area (TPSA) is 56.7 Å². The molecule has 0 radical (unpaired) electrons. The molecule has 1 aliphatic carbocycles. The van der Waals surface area contributed by atoms with Crippen LogP contribution < -0.4 is 5.73 Å². The number of aryl methyl sites for hydroxylation is 1. The zero-order valence-corrected chi connectivity index (χ0v) is 12.2. The van der Waals surface area contributed by atoms with Crippen molar-refractivity contribution in [2.75, 3.05) is 0 Å². The average Bonchev–Trinajstić information content (AvgIpc) is 2.76. The average molecular weight is 264 g/mol. The molecule has 0 spiro atoms. The molecule has 4 heteroatoms. The van der Waals surface area contributed by atoms with E-state index in [2.05, 4.69) is 17.0 Å². The molecule has 0 amide bonds. The molecular weight excluding hydrogens is 236 g/mol. The highest BCUT2D eigenvalue weighted by molar-refractivity contribution is 4.91. The van der Waals surface area contributed by atoms with Crippen LogP contribution in [-0.4, -0.2) is 20.8 Å². The molecule has 2 rings (SSSR count). The molecule has 4 nitrogen and oxygen atoms in total. The zero-order valence-electron chi connectivity index (χ0n) is 12.2. The minimum Gasteiger partial charge on any atom is -0.327 e. The Balaban J connectivity index is 1.90. The first-order valence-electron chi connectivity index (χ1n) is 7.93. The summed E-state index contributed by atoms with van der Waals surface area (Å²) in [5.41, 5.74) is 6.44. The normalized spacial score (nSPS) is 19.9. The molecule has 1 saturated carbocycles. The maximum absolute atomic E-state index is 6.44. The summed E-state index contributed by atoms with van der Waals surface area (Å²) in [6, 6.07) is 0.248. The van der Waals surface area contributed by atoms with Crippen LogP contribution in [0.5, 0.6) is 0 Å². The molecule has 19 heavy (non-hydrogen) atoms. The van der Waals surface area contributed by atoms with Crippen LogP contribution >= 0.6 is 0 Å². The molecule has 108 valence electrons. The number of nitrogens with two attached hydrogens (primary N) is 1. The quantitative estimate of drug-likeness (QED) is 0.889. The summed E-state index contributed by atoms with van der Waals surface area (Å²) in [7, 11) is 0. The molecule has 0 bridgehead atoms. The van der Waals surface area contributed by atoms with Crippen LogP contribution in [0.2, 0.25) is 0 Å². The van der Waals surface area contributed by atoms with E-state index in [0.717, 1.165) is 25.2 Å². The second-order valence-corrected chi connectivity index (χ2v) is 5.87. The predicted molar refractivity (Wildman–Crippen MR) is 77.8 cm³/mol. The minimum atomic E-state index is 0.248. The molecular formula is C15H28N4. The number of rotatable bonds is 5. The molecule has 1 atom stereocenters. The molecule has 0 aromatic carbocycles. The van der Waals surface area contributed by atoms with Gasteiger partial charge in [0.25, 0.3) is 0 Å². The van der Waals surface area contributed by atoms with Gasteiger partial charge in [-0.1, -0.05) is 39.0 Å². The third-order valence-corrected chi connectivity index (χ3v) is 4.30. The maximum Gasteiger partial charge on any atom is 0.138 e. The second-order valence-electron chi connectivity index (χ2n) is 5.87. The third-order valence-electron chi connectivity index (χ3n) is 4.30. The minimum absolute atomic E-state index is 0.248. The Bertz CT molecular complexity index is 353. The Morgan fingerprint density at radius 1 is 1.26 bits per heavy atom. The van der Waals surface area contributed by atoms with Crippen molar-refractivity contribution in [3.05, 3.63) is 12.2 Å². The summed E-state index contributed by atoms with van der Waals surface area (Å²) in [4.78, 5) is 4.38. The van der Waals surface area contributed by atoms with E-state index in [1.165, 1.54) is 44.9 Å². The van der Waals surface area contributed by atoms with Crippen LogP contribution in [0, 0.1) is 5.92 Å². The van der Waals surface area contributed by atoms with Crippen molar-refractivity contribution in [3.8, 4) is 0 Å². The van der Waals surface area contributed by atoms with Crippen molar-refractivity contribution >= 4 is 0 Å². The first-order valence-corrected chi connectivity index (χ1v) is 7.93. The van der Waals surface area contributed by atoms with Gasteiger partial charge in [-0.2, -0.15) is 5.10 Å². The van der Waals surface area contributed by atoms with Crippen molar-refractivity contribution in [2.24, 2.45) is 11.7 Å². The van der Waals surface area contributed by atoms with E-state index in [0.29, 0.717) is 5.92 Å². The lowest BCUT2D eigenvalue weighted by Crippen LogP contribution is -2.34. The molecule has 0 saturated heterocycles. The molecule has 0 aliphatic heterocycles. The van der Waals surface area contributed by atoms with Crippen molar-refractivity contribution in [3.63, 3.8) is 0 Å². The summed E-state index contributed by atoms with van der Waals surface area (Å²) >= 11 is 0. The van der Waals surface area contributed by atoms with Gasteiger partial charge >= 0.3 is 0 Å². The Morgan fingerprint density at radius 3 is 2.63 bits per heavy atom. The number of aromatic nitrogens is 3. The molecule has 1 unspecified atom stereocenters. The first kappa shape index (κ1) is 14.5. The molecule has 1 aromatic rings. The van der Waals surface area contributed by atoms with Crippen LogP contribution in [0.15, 0.2) is 6.33 Å².